The summed E-state index contributed by atoms with van der Waals surface area (Å²) in [5.74, 6) is -1.78. The molecule has 0 radical (unpaired) electrons. The molecule has 2 aliphatic carbocycles. The van der Waals surface area contributed by atoms with E-state index < -0.39 is 71.0 Å². The maximum absolute atomic E-state index is 15.2. The average molecular weight is 583 g/mol. The standard InChI is InChI=1S/C29H35FN6O6/c1-28(2,3)22(33-27(40)41-4)25(38)35-12-17-14-8-16(18(30)9-14)20(17)21(35)24(37)36-13-29(10-15(36)11-31)26(39)34-23-19(42-29)6-5-7-32-23/h5-7,14-18,20-22H,8-10,12-13H2,1-4H3,(H,33,40)(H,32,34,39). The first kappa shape index (κ1) is 28.2. The van der Waals surface area contributed by atoms with Crippen LogP contribution in [0.25, 0.3) is 0 Å². The average Bonchev–Trinajstić information content (AvgIpc) is 3.70. The second kappa shape index (κ2) is 9.81. The lowest BCUT2D eigenvalue weighted by Crippen LogP contribution is -2.60. The SMILES string of the molecule is COC(=O)NC(C(=O)N1CC2C3CC(F)C(C3)C2C1C(=O)N1CC2(CC1C#N)Oc1cccnc1NC2=O)C(C)(C)C. The van der Waals surface area contributed by atoms with E-state index >= 15 is 4.39 Å². The third kappa shape index (κ3) is 4.25. The number of hydrogen-bond donors (Lipinski definition) is 2. The Bertz CT molecular complexity index is 1380. The van der Waals surface area contributed by atoms with Gasteiger partial charge in [0.2, 0.25) is 17.4 Å². The minimum atomic E-state index is -1.52. The van der Waals surface area contributed by atoms with Crippen molar-refractivity contribution in [1.29, 1.82) is 5.26 Å². The molecule has 4 amide bonds. The number of carbonyl (C=O) groups is 4. The molecular formula is C29H35FN6O6. The summed E-state index contributed by atoms with van der Waals surface area (Å²) in [4.78, 5) is 61.1. The fourth-order valence-electron chi connectivity index (χ4n) is 7.91. The summed E-state index contributed by atoms with van der Waals surface area (Å²) in [7, 11) is 1.20. The first-order chi connectivity index (χ1) is 19.9. The molecule has 2 bridgehead atoms. The molecule has 4 heterocycles. The maximum Gasteiger partial charge on any atom is 0.407 e. The van der Waals surface area contributed by atoms with E-state index in [9.17, 15) is 24.4 Å². The zero-order valence-corrected chi connectivity index (χ0v) is 24.0. The van der Waals surface area contributed by atoms with Crippen molar-refractivity contribution in [3.63, 3.8) is 0 Å². The van der Waals surface area contributed by atoms with Crippen molar-refractivity contribution in [2.75, 3.05) is 25.5 Å². The van der Waals surface area contributed by atoms with Crippen molar-refractivity contribution < 1.29 is 33.0 Å². The zero-order valence-electron chi connectivity index (χ0n) is 24.0. The first-order valence-electron chi connectivity index (χ1n) is 14.3. The van der Waals surface area contributed by atoms with Gasteiger partial charge in [0.25, 0.3) is 5.91 Å². The van der Waals surface area contributed by atoms with Gasteiger partial charge in [-0.15, -0.1) is 0 Å². The highest BCUT2D eigenvalue weighted by atomic mass is 19.1. The Balaban J connectivity index is 1.34. The first-order valence-corrected chi connectivity index (χ1v) is 14.3. The molecule has 224 valence electrons. The number of nitriles is 1. The number of methoxy groups -OCH3 is 1. The molecule has 13 heteroatoms. The third-order valence-corrected chi connectivity index (χ3v) is 9.85. The largest absolute Gasteiger partial charge is 0.472 e. The number of likely N-dealkylation sites (tertiary alicyclic amines) is 2. The molecule has 12 nitrogen and oxygen atoms in total. The van der Waals surface area contributed by atoms with E-state index in [1.165, 1.54) is 23.1 Å². The molecule has 9 unspecified atom stereocenters. The molecule has 1 aromatic heterocycles. The van der Waals surface area contributed by atoms with Crippen LogP contribution in [0.1, 0.15) is 40.0 Å². The van der Waals surface area contributed by atoms with Crippen LogP contribution in [0.5, 0.6) is 5.75 Å². The number of alkyl halides is 1. The second-order valence-corrected chi connectivity index (χ2v) is 13.2. The molecule has 9 atom stereocenters. The van der Waals surface area contributed by atoms with Gasteiger partial charge in [-0.25, -0.2) is 14.2 Å². The Morgan fingerprint density at radius 1 is 1.29 bits per heavy atom. The molecule has 1 aromatic rings. The van der Waals surface area contributed by atoms with Crippen LogP contribution >= 0.6 is 0 Å². The molecule has 4 fully saturated rings. The summed E-state index contributed by atoms with van der Waals surface area (Å²) < 4.78 is 26.0. The van der Waals surface area contributed by atoms with Crippen LogP contribution in [0.15, 0.2) is 18.3 Å². The molecule has 2 saturated carbocycles. The van der Waals surface area contributed by atoms with Gasteiger partial charge in [-0.05, 0) is 54.1 Å². The monoisotopic (exact) mass is 582 g/mol. The Kier molecular flexibility index (Phi) is 6.58. The van der Waals surface area contributed by atoms with Gasteiger partial charge in [-0.2, -0.15) is 5.26 Å². The number of hydrogen-bond acceptors (Lipinski definition) is 8. The number of nitrogens with one attached hydrogen (secondary N) is 2. The van der Waals surface area contributed by atoms with E-state index in [-0.39, 0.29) is 37.2 Å². The van der Waals surface area contributed by atoms with Gasteiger partial charge in [0.05, 0.1) is 19.7 Å². The third-order valence-electron chi connectivity index (χ3n) is 9.85. The Morgan fingerprint density at radius 3 is 2.74 bits per heavy atom. The highest BCUT2D eigenvalue weighted by molar-refractivity contribution is 6.01. The topological polar surface area (TPSA) is 154 Å². The normalized spacial score (nSPS) is 35.1. The van der Waals surface area contributed by atoms with Crippen molar-refractivity contribution in [2.24, 2.45) is 29.1 Å². The van der Waals surface area contributed by atoms with Crippen molar-refractivity contribution >= 4 is 29.6 Å². The van der Waals surface area contributed by atoms with Gasteiger partial charge < -0.3 is 29.9 Å². The number of ether oxygens (including phenoxy) is 2. The summed E-state index contributed by atoms with van der Waals surface area (Å²) in [6.45, 7) is 5.42. The fraction of sp³-hybridized carbons (Fsp3) is 0.655. The Hall–Kier alpha value is -3.95. The van der Waals surface area contributed by atoms with Crippen LogP contribution in [-0.2, 0) is 19.1 Å². The van der Waals surface area contributed by atoms with Crippen LogP contribution in [0.2, 0.25) is 0 Å². The number of amides is 4. The number of pyridine rings is 1. The number of halogens is 1. The molecule has 1 spiro atoms. The van der Waals surface area contributed by atoms with Crippen LogP contribution in [0, 0.1) is 40.4 Å². The molecule has 5 aliphatic rings. The van der Waals surface area contributed by atoms with Crippen molar-refractivity contribution in [3.05, 3.63) is 18.3 Å². The van der Waals surface area contributed by atoms with Gasteiger partial charge in [0, 0.05) is 19.2 Å². The lowest BCUT2D eigenvalue weighted by molar-refractivity contribution is -0.149. The fourth-order valence-corrected chi connectivity index (χ4v) is 7.91. The molecule has 6 rings (SSSR count). The predicted octanol–water partition coefficient (Wildman–Crippen LogP) is 1.87. The summed E-state index contributed by atoms with van der Waals surface area (Å²) >= 11 is 0. The quantitative estimate of drug-likeness (QED) is 0.548. The van der Waals surface area contributed by atoms with E-state index in [4.69, 9.17) is 9.47 Å². The number of nitrogens with zero attached hydrogens (tertiary/aromatic N) is 4. The highest BCUT2D eigenvalue weighted by Gasteiger charge is 2.65. The van der Waals surface area contributed by atoms with Gasteiger partial charge in [0.15, 0.2) is 11.6 Å². The molecule has 3 aliphatic heterocycles. The maximum atomic E-state index is 15.2. The number of aromatic nitrogens is 1. The molecular weight excluding hydrogens is 547 g/mol. The van der Waals surface area contributed by atoms with Crippen LogP contribution in [0.3, 0.4) is 0 Å². The lowest BCUT2D eigenvalue weighted by Gasteiger charge is -2.38. The molecule has 2 N–H and O–H groups in total. The summed E-state index contributed by atoms with van der Waals surface area (Å²) in [6.07, 6.45) is 0.617. The zero-order chi connectivity index (χ0) is 30.1. The van der Waals surface area contributed by atoms with E-state index in [0.717, 1.165) is 0 Å². The number of alkyl carbamates (subject to hydrolysis) is 1. The lowest BCUT2D eigenvalue weighted by atomic mass is 9.77. The van der Waals surface area contributed by atoms with Gasteiger partial charge >= 0.3 is 6.09 Å². The molecule has 0 aromatic carbocycles. The molecule has 2 saturated heterocycles. The van der Waals surface area contributed by atoms with Crippen LogP contribution < -0.4 is 15.4 Å². The van der Waals surface area contributed by atoms with Gasteiger partial charge in [-0.3, -0.25) is 14.4 Å². The smallest absolute Gasteiger partial charge is 0.407 e. The van der Waals surface area contributed by atoms with Crippen molar-refractivity contribution in [1.82, 2.24) is 20.1 Å². The number of carbonyl (C=O) groups excluding carboxylic acids is 4. The minimum Gasteiger partial charge on any atom is -0.472 e. The van der Waals surface area contributed by atoms with E-state index in [0.29, 0.717) is 18.6 Å². The summed E-state index contributed by atoms with van der Waals surface area (Å²) in [6, 6.07) is 2.36. The highest BCUT2D eigenvalue weighted by Crippen LogP contribution is 2.59. The number of fused-ring (bicyclic) bond motifs is 6. The Morgan fingerprint density at radius 2 is 2.05 bits per heavy atom. The minimum absolute atomic E-state index is 0.0397. The summed E-state index contributed by atoms with van der Waals surface area (Å²) in [5, 5.41) is 15.5. The van der Waals surface area contributed by atoms with E-state index in [1.54, 1.807) is 32.9 Å². The number of anilines is 1. The predicted molar refractivity (Wildman–Crippen MR) is 144 cm³/mol. The summed E-state index contributed by atoms with van der Waals surface area (Å²) in [5.41, 5.74) is -2.25. The van der Waals surface area contributed by atoms with Crippen LogP contribution in [0.4, 0.5) is 15.0 Å². The second-order valence-electron chi connectivity index (χ2n) is 13.2. The van der Waals surface area contributed by atoms with E-state index in [2.05, 4.69) is 21.7 Å². The Labute approximate surface area is 242 Å². The number of rotatable bonds is 3. The molecule has 42 heavy (non-hydrogen) atoms. The van der Waals surface area contributed by atoms with Gasteiger partial charge in [0.1, 0.15) is 24.3 Å². The van der Waals surface area contributed by atoms with Crippen molar-refractivity contribution in [3.8, 4) is 11.8 Å². The van der Waals surface area contributed by atoms with Gasteiger partial charge in [-0.1, -0.05) is 20.8 Å². The van der Waals surface area contributed by atoms with Crippen LogP contribution in [-0.4, -0.2) is 88.7 Å². The van der Waals surface area contributed by atoms with Crippen molar-refractivity contribution in [2.45, 2.75) is 69.9 Å². The van der Waals surface area contributed by atoms with E-state index in [1.807, 2.05) is 0 Å².